The maximum absolute atomic E-state index is 11.3. The van der Waals surface area contributed by atoms with Gasteiger partial charge in [0.15, 0.2) is 5.75 Å². The van der Waals surface area contributed by atoms with E-state index in [0.29, 0.717) is 23.9 Å². The van der Waals surface area contributed by atoms with Crippen molar-refractivity contribution in [3.8, 4) is 5.75 Å². The van der Waals surface area contributed by atoms with Crippen molar-refractivity contribution in [2.24, 2.45) is 0 Å². The summed E-state index contributed by atoms with van der Waals surface area (Å²) in [6.45, 7) is 2.55. The van der Waals surface area contributed by atoms with Gasteiger partial charge in [-0.15, -0.1) is 0 Å². The Morgan fingerprint density at radius 1 is 1.24 bits per heavy atom. The average Bonchev–Trinajstić information content (AvgIpc) is 2.46. The van der Waals surface area contributed by atoms with E-state index >= 15 is 0 Å². The van der Waals surface area contributed by atoms with Gasteiger partial charge in [0, 0.05) is 11.6 Å². The molecule has 0 spiro atoms. The molecule has 0 bridgehead atoms. The number of hydrogen-bond acceptors (Lipinski definition) is 4. The van der Waals surface area contributed by atoms with Gasteiger partial charge >= 0.3 is 5.69 Å². The molecule has 0 amide bonds. The summed E-state index contributed by atoms with van der Waals surface area (Å²) in [4.78, 5) is 10.8. The van der Waals surface area contributed by atoms with Gasteiger partial charge < -0.3 is 10.1 Å². The number of anilines is 1. The molecule has 0 aliphatic heterocycles. The molecule has 0 saturated carbocycles. The number of halogens is 1. The van der Waals surface area contributed by atoms with E-state index in [4.69, 9.17) is 16.3 Å². The SMILES string of the molecule is CCOc1cccc(NCc2ccccc2Cl)c1[N+](=O)[O-]. The third kappa shape index (κ3) is 3.64. The molecule has 110 valence electrons. The highest BCUT2D eigenvalue weighted by atomic mass is 35.5. The number of para-hydroxylation sites is 1. The molecule has 2 aromatic rings. The quantitative estimate of drug-likeness (QED) is 0.640. The summed E-state index contributed by atoms with van der Waals surface area (Å²) in [6, 6.07) is 12.3. The molecule has 0 fully saturated rings. The first kappa shape index (κ1) is 15.1. The van der Waals surface area contributed by atoms with Crippen molar-refractivity contribution in [3.05, 3.63) is 63.2 Å². The Labute approximate surface area is 127 Å². The molecule has 0 unspecified atom stereocenters. The Hall–Kier alpha value is -2.27. The molecule has 2 aromatic carbocycles. The van der Waals surface area contributed by atoms with Crippen LogP contribution >= 0.6 is 11.6 Å². The number of nitro benzene ring substituents is 1. The van der Waals surface area contributed by atoms with Gasteiger partial charge in [0.05, 0.1) is 11.5 Å². The first-order valence-corrected chi connectivity index (χ1v) is 6.88. The molecular weight excluding hydrogens is 292 g/mol. The van der Waals surface area contributed by atoms with Gasteiger partial charge in [-0.05, 0) is 30.7 Å². The maximum atomic E-state index is 11.3. The lowest BCUT2D eigenvalue weighted by atomic mass is 10.2. The van der Waals surface area contributed by atoms with E-state index in [1.54, 1.807) is 31.2 Å². The Bertz CT molecular complexity index is 647. The van der Waals surface area contributed by atoms with Crippen LogP contribution in [0.25, 0.3) is 0 Å². The van der Waals surface area contributed by atoms with E-state index < -0.39 is 4.92 Å². The molecule has 0 aliphatic rings. The first-order valence-electron chi connectivity index (χ1n) is 6.51. The largest absolute Gasteiger partial charge is 0.487 e. The summed E-state index contributed by atoms with van der Waals surface area (Å²) in [5, 5.41) is 14.9. The summed E-state index contributed by atoms with van der Waals surface area (Å²) in [5.74, 6) is 0.256. The number of nitrogens with one attached hydrogen (secondary N) is 1. The highest BCUT2D eigenvalue weighted by Crippen LogP contribution is 2.35. The van der Waals surface area contributed by atoms with Gasteiger partial charge in [-0.2, -0.15) is 0 Å². The Balaban J connectivity index is 2.25. The van der Waals surface area contributed by atoms with Crippen LogP contribution in [0.3, 0.4) is 0 Å². The van der Waals surface area contributed by atoms with Crippen molar-refractivity contribution in [2.45, 2.75) is 13.5 Å². The average molecular weight is 307 g/mol. The molecule has 0 heterocycles. The van der Waals surface area contributed by atoms with Gasteiger partial charge in [-0.25, -0.2) is 0 Å². The van der Waals surface area contributed by atoms with Crippen molar-refractivity contribution >= 4 is 23.0 Å². The lowest BCUT2D eigenvalue weighted by Crippen LogP contribution is -2.05. The van der Waals surface area contributed by atoms with E-state index in [1.807, 2.05) is 18.2 Å². The third-order valence-electron chi connectivity index (χ3n) is 2.91. The van der Waals surface area contributed by atoms with Crippen LogP contribution in [0.4, 0.5) is 11.4 Å². The minimum Gasteiger partial charge on any atom is -0.487 e. The van der Waals surface area contributed by atoms with E-state index in [1.165, 1.54) is 0 Å². The van der Waals surface area contributed by atoms with Crippen molar-refractivity contribution in [1.29, 1.82) is 0 Å². The number of benzene rings is 2. The number of rotatable bonds is 6. The van der Waals surface area contributed by atoms with Gasteiger partial charge in [-0.1, -0.05) is 35.9 Å². The molecule has 0 aromatic heterocycles. The zero-order valence-electron chi connectivity index (χ0n) is 11.5. The number of hydrogen-bond donors (Lipinski definition) is 1. The first-order chi connectivity index (χ1) is 10.1. The van der Waals surface area contributed by atoms with Crippen molar-refractivity contribution in [2.75, 3.05) is 11.9 Å². The van der Waals surface area contributed by atoms with Crippen LogP contribution < -0.4 is 10.1 Å². The number of nitrogens with zero attached hydrogens (tertiary/aromatic N) is 1. The number of nitro groups is 1. The molecular formula is C15H15ClN2O3. The Kier molecular flexibility index (Phi) is 5.00. The molecule has 1 N–H and O–H groups in total. The van der Waals surface area contributed by atoms with Crippen molar-refractivity contribution < 1.29 is 9.66 Å². The minimum atomic E-state index is -0.445. The second-order valence-electron chi connectivity index (χ2n) is 4.29. The summed E-state index contributed by atoms with van der Waals surface area (Å²) >= 11 is 6.08. The van der Waals surface area contributed by atoms with Crippen LogP contribution in [0.5, 0.6) is 5.75 Å². The minimum absolute atomic E-state index is 0.0635. The van der Waals surface area contributed by atoms with Crippen molar-refractivity contribution in [3.63, 3.8) is 0 Å². The predicted molar refractivity (Wildman–Crippen MR) is 83.0 cm³/mol. The standard InChI is InChI=1S/C15H15ClN2O3/c1-2-21-14-9-5-8-13(15(14)18(19)20)17-10-11-6-3-4-7-12(11)16/h3-9,17H,2,10H2,1H3. The van der Waals surface area contributed by atoms with Gasteiger partial charge in [0.1, 0.15) is 5.69 Å². The second-order valence-corrected chi connectivity index (χ2v) is 4.69. The molecule has 21 heavy (non-hydrogen) atoms. The summed E-state index contributed by atoms with van der Waals surface area (Å²) in [7, 11) is 0. The van der Waals surface area contributed by atoms with E-state index in [9.17, 15) is 10.1 Å². The third-order valence-corrected chi connectivity index (χ3v) is 3.28. The highest BCUT2D eigenvalue weighted by Gasteiger charge is 2.20. The van der Waals surface area contributed by atoms with Crippen LogP contribution in [0.1, 0.15) is 12.5 Å². The topological polar surface area (TPSA) is 64.4 Å². The monoisotopic (exact) mass is 306 g/mol. The van der Waals surface area contributed by atoms with Crippen LogP contribution in [-0.4, -0.2) is 11.5 Å². The summed E-state index contributed by atoms with van der Waals surface area (Å²) in [6.07, 6.45) is 0. The highest BCUT2D eigenvalue weighted by molar-refractivity contribution is 6.31. The fourth-order valence-electron chi connectivity index (χ4n) is 1.96. The lowest BCUT2D eigenvalue weighted by Gasteiger charge is -2.11. The second kappa shape index (κ2) is 6.95. The smallest absolute Gasteiger partial charge is 0.333 e. The van der Waals surface area contributed by atoms with Crippen LogP contribution in [-0.2, 0) is 6.54 Å². The summed E-state index contributed by atoms with van der Waals surface area (Å²) < 4.78 is 5.31. The van der Waals surface area contributed by atoms with Gasteiger partial charge in [0.2, 0.25) is 0 Å². The Morgan fingerprint density at radius 2 is 2.00 bits per heavy atom. The molecule has 5 nitrogen and oxygen atoms in total. The molecule has 6 heteroatoms. The summed E-state index contributed by atoms with van der Waals surface area (Å²) in [5.41, 5.74) is 1.22. The van der Waals surface area contributed by atoms with Crippen LogP contribution in [0, 0.1) is 10.1 Å². The molecule has 0 saturated heterocycles. The van der Waals surface area contributed by atoms with Crippen LogP contribution in [0.15, 0.2) is 42.5 Å². The fraction of sp³-hybridized carbons (Fsp3) is 0.200. The van der Waals surface area contributed by atoms with E-state index in [0.717, 1.165) is 5.56 Å². The molecule has 0 aliphatic carbocycles. The number of ether oxygens (including phenoxy) is 1. The maximum Gasteiger partial charge on any atom is 0.333 e. The van der Waals surface area contributed by atoms with Crippen molar-refractivity contribution in [1.82, 2.24) is 0 Å². The zero-order chi connectivity index (χ0) is 15.2. The van der Waals surface area contributed by atoms with Gasteiger partial charge in [-0.3, -0.25) is 10.1 Å². The molecule has 0 atom stereocenters. The predicted octanol–water partition coefficient (Wildman–Crippen LogP) is 4.26. The van der Waals surface area contributed by atoms with E-state index in [2.05, 4.69) is 5.32 Å². The lowest BCUT2D eigenvalue weighted by molar-refractivity contribution is -0.384. The van der Waals surface area contributed by atoms with Crippen LogP contribution in [0.2, 0.25) is 5.02 Å². The fourth-order valence-corrected chi connectivity index (χ4v) is 2.16. The Morgan fingerprint density at radius 3 is 2.67 bits per heavy atom. The van der Waals surface area contributed by atoms with E-state index in [-0.39, 0.29) is 11.4 Å². The molecule has 0 radical (unpaired) electrons. The zero-order valence-corrected chi connectivity index (χ0v) is 12.3. The molecule has 2 rings (SSSR count). The normalized spacial score (nSPS) is 10.2. The van der Waals surface area contributed by atoms with Gasteiger partial charge in [0.25, 0.3) is 0 Å².